The molecule has 10 heteroatoms. The Morgan fingerprint density at radius 1 is 1.14 bits per heavy atom. The van der Waals surface area contributed by atoms with Crippen LogP contribution in [0.15, 0.2) is 54.7 Å². The van der Waals surface area contributed by atoms with Gasteiger partial charge in [-0.2, -0.15) is 0 Å². The van der Waals surface area contributed by atoms with Gasteiger partial charge >= 0.3 is 0 Å². The van der Waals surface area contributed by atoms with Gasteiger partial charge in [0.1, 0.15) is 11.5 Å². The van der Waals surface area contributed by atoms with Crippen LogP contribution in [0.4, 0.5) is 5.82 Å². The maximum absolute atomic E-state index is 12.7. The highest BCUT2D eigenvalue weighted by Gasteiger charge is 2.33. The molecule has 1 aliphatic heterocycles. The molecule has 0 bridgehead atoms. The van der Waals surface area contributed by atoms with Gasteiger partial charge in [-0.05, 0) is 69.0 Å². The van der Waals surface area contributed by atoms with Gasteiger partial charge in [0.25, 0.3) is 11.8 Å². The van der Waals surface area contributed by atoms with Gasteiger partial charge in [-0.25, -0.2) is 14.6 Å². The molecule has 36 heavy (non-hydrogen) atoms. The molecule has 0 spiro atoms. The van der Waals surface area contributed by atoms with Crippen molar-refractivity contribution in [1.82, 2.24) is 19.5 Å². The zero-order chi connectivity index (χ0) is 25.8. The van der Waals surface area contributed by atoms with E-state index in [1.807, 2.05) is 13.0 Å². The number of aromatic nitrogens is 3. The van der Waals surface area contributed by atoms with Crippen molar-refractivity contribution in [2.45, 2.75) is 39.2 Å². The number of benzene rings is 1. The minimum atomic E-state index is -0.735. The van der Waals surface area contributed by atoms with Crippen LogP contribution in [0.5, 0.6) is 0 Å². The largest absolute Gasteiger partial charge is 0.364 e. The maximum atomic E-state index is 12.7. The number of hydrogen-bond acceptors (Lipinski definition) is 6. The van der Waals surface area contributed by atoms with Crippen LogP contribution in [0.2, 0.25) is 0 Å². The summed E-state index contributed by atoms with van der Waals surface area (Å²) in [5, 5.41) is 2.76. The third-order valence-corrected chi connectivity index (χ3v) is 6.14. The summed E-state index contributed by atoms with van der Waals surface area (Å²) in [5.41, 5.74) is 7.97. The van der Waals surface area contributed by atoms with Crippen LogP contribution in [-0.4, -0.2) is 43.8 Å². The van der Waals surface area contributed by atoms with E-state index in [2.05, 4.69) is 15.3 Å². The number of allylic oxidation sites excluding steroid dienone is 1. The first kappa shape index (κ1) is 24.6. The second kappa shape index (κ2) is 10.4. The van der Waals surface area contributed by atoms with E-state index in [0.717, 1.165) is 18.4 Å². The summed E-state index contributed by atoms with van der Waals surface area (Å²) in [6.45, 7) is 4.27. The van der Waals surface area contributed by atoms with Crippen LogP contribution in [0.25, 0.3) is 11.3 Å². The molecule has 1 saturated heterocycles. The number of aryl methyl sites for hydroxylation is 1. The number of rotatable bonds is 6. The number of nitrogen functional groups attached to an aromatic ring is 1. The van der Waals surface area contributed by atoms with Gasteiger partial charge in [0, 0.05) is 23.9 Å². The summed E-state index contributed by atoms with van der Waals surface area (Å²) >= 11 is 0. The smallest absolute Gasteiger partial charge is 0.269 e. The van der Waals surface area contributed by atoms with Crippen molar-refractivity contribution in [3.63, 3.8) is 0 Å². The molecule has 5 N–H and O–H groups in total. The highest BCUT2D eigenvalue weighted by molar-refractivity contribution is 6.04. The molecule has 0 radical (unpaired) electrons. The third kappa shape index (κ3) is 4.97. The number of imidazole rings is 1. The van der Waals surface area contributed by atoms with Crippen molar-refractivity contribution >= 4 is 23.5 Å². The monoisotopic (exact) mass is 487 g/mol. The standard InChI is InChI=1S/C26H29N7O3/c1-3-6-21(34)32-14-5-4-7-19(32)25-31-22(23(24(27)35)33(25)28)17-8-10-18(11-9-17)26(36)30-20-15-16(2)12-13-29-20/h3,6,8-13,15,19H,4-5,7,14,28H2,1-2H3,(H2,27,35)(H,29,30,36)/b6-3+. The first-order valence-electron chi connectivity index (χ1n) is 11.8. The van der Waals surface area contributed by atoms with Gasteiger partial charge in [-0.1, -0.05) is 18.2 Å². The van der Waals surface area contributed by atoms with Gasteiger partial charge in [0.05, 0.1) is 6.04 Å². The van der Waals surface area contributed by atoms with E-state index < -0.39 is 5.91 Å². The fourth-order valence-electron chi connectivity index (χ4n) is 4.40. The molecule has 3 heterocycles. The average molecular weight is 488 g/mol. The number of piperidine rings is 1. The molecule has 1 fully saturated rings. The number of hydrogen-bond donors (Lipinski definition) is 3. The SMILES string of the molecule is C/C=C/C(=O)N1CCCCC1c1nc(-c2ccc(C(=O)Nc3cc(C)ccn3)cc2)c(C(N)=O)n1N. The van der Waals surface area contributed by atoms with E-state index >= 15 is 0 Å². The number of primary amides is 1. The second-order valence-electron chi connectivity index (χ2n) is 8.69. The first-order valence-corrected chi connectivity index (χ1v) is 11.8. The van der Waals surface area contributed by atoms with E-state index in [1.54, 1.807) is 54.4 Å². The number of carbonyl (C=O) groups is 3. The number of carbonyl (C=O) groups excluding carboxylic acids is 3. The van der Waals surface area contributed by atoms with E-state index in [-0.39, 0.29) is 23.6 Å². The van der Waals surface area contributed by atoms with Gasteiger partial charge in [-0.15, -0.1) is 0 Å². The first-order chi connectivity index (χ1) is 17.3. The lowest BCUT2D eigenvalue weighted by molar-refractivity contribution is -0.130. The lowest BCUT2D eigenvalue weighted by Crippen LogP contribution is -2.39. The number of nitrogens with zero attached hydrogens (tertiary/aromatic N) is 4. The van der Waals surface area contributed by atoms with Crippen molar-refractivity contribution in [2.24, 2.45) is 5.73 Å². The number of likely N-dealkylation sites (tertiary alicyclic amines) is 1. The zero-order valence-corrected chi connectivity index (χ0v) is 20.3. The average Bonchev–Trinajstić information content (AvgIpc) is 3.21. The molecule has 0 aliphatic carbocycles. The number of amides is 3. The second-order valence-corrected chi connectivity index (χ2v) is 8.69. The molecule has 186 valence electrons. The molecule has 1 aliphatic rings. The van der Waals surface area contributed by atoms with Crippen LogP contribution >= 0.6 is 0 Å². The normalized spacial score (nSPS) is 15.7. The Morgan fingerprint density at radius 2 is 1.89 bits per heavy atom. The van der Waals surface area contributed by atoms with Crippen molar-refractivity contribution in [3.05, 3.63) is 77.4 Å². The minimum absolute atomic E-state index is 0.0372. The molecule has 1 atom stereocenters. The Morgan fingerprint density at radius 3 is 2.56 bits per heavy atom. The van der Waals surface area contributed by atoms with Crippen molar-refractivity contribution < 1.29 is 14.4 Å². The molecule has 10 nitrogen and oxygen atoms in total. The molecule has 2 aromatic heterocycles. The van der Waals surface area contributed by atoms with Gasteiger partial charge in [0.15, 0.2) is 11.5 Å². The fraction of sp³-hybridized carbons (Fsp3) is 0.269. The van der Waals surface area contributed by atoms with E-state index in [9.17, 15) is 14.4 Å². The summed E-state index contributed by atoms with van der Waals surface area (Å²) in [4.78, 5) is 48.2. The van der Waals surface area contributed by atoms with Crippen molar-refractivity contribution in [2.75, 3.05) is 17.7 Å². The Bertz CT molecular complexity index is 1330. The number of anilines is 1. The zero-order valence-electron chi connectivity index (χ0n) is 20.3. The van der Waals surface area contributed by atoms with Gasteiger partial charge in [0.2, 0.25) is 5.91 Å². The predicted molar refractivity (Wildman–Crippen MR) is 136 cm³/mol. The predicted octanol–water partition coefficient (Wildman–Crippen LogP) is 2.95. The fourth-order valence-corrected chi connectivity index (χ4v) is 4.40. The topological polar surface area (TPSA) is 149 Å². The highest BCUT2D eigenvalue weighted by atomic mass is 16.2. The third-order valence-electron chi connectivity index (χ3n) is 6.14. The van der Waals surface area contributed by atoms with Crippen LogP contribution < -0.4 is 16.9 Å². The van der Waals surface area contributed by atoms with Crippen molar-refractivity contribution in [1.29, 1.82) is 0 Å². The van der Waals surface area contributed by atoms with Crippen LogP contribution in [0.3, 0.4) is 0 Å². The van der Waals surface area contributed by atoms with Crippen LogP contribution in [0.1, 0.15) is 64.5 Å². The molecular formula is C26H29N7O3. The Kier molecular flexibility index (Phi) is 7.14. The van der Waals surface area contributed by atoms with Gasteiger partial charge in [-0.3, -0.25) is 14.4 Å². The lowest BCUT2D eigenvalue weighted by atomic mass is 10.0. The van der Waals surface area contributed by atoms with E-state index in [0.29, 0.717) is 41.4 Å². The quantitative estimate of drug-likeness (QED) is 0.359. The van der Waals surface area contributed by atoms with E-state index in [1.165, 1.54) is 10.8 Å². The van der Waals surface area contributed by atoms with Gasteiger partial charge < -0.3 is 21.8 Å². The minimum Gasteiger partial charge on any atom is -0.364 e. The molecular weight excluding hydrogens is 458 g/mol. The molecule has 4 rings (SSSR count). The summed E-state index contributed by atoms with van der Waals surface area (Å²) in [7, 11) is 0. The van der Waals surface area contributed by atoms with Crippen LogP contribution in [-0.2, 0) is 4.79 Å². The Balaban J connectivity index is 1.65. The number of pyridine rings is 1. The molecule has 3 aromatic rings. The number of nitrogens with two attached hydrogens (primary N) is 2. The summed E-state index contributed by atoms with van der Waals surface area (Å²) in [6.07, 6.45) is 7.27. The van der Waals surface area contributed by atoms with E-state index in [4.69, 9.17) is 11.6 Å². The summed E-state index contributed by atoms with van der Waals surface area (Å²) in [5.74, 6) is 5.97. The molecule has 3 amide bonds. The Labute approximate surface area is 209 Å². The highest BCUT2D eigenvalue weighted by Crippen LogP contribution is 2.33. The molecule has 1 unspecified atom stereocenters. The lowest BCUT2D eigenvalue weighted by Gasteiger charge is -2.34. The summed E-state index contributed by atoms with van der Waals surface area (Å²) < 4.78 is 1.19. The Hall–Kier alpha value is -4.47. The molecule has 1 aromatic carbocycles. The molecule has 0 saturated carbocycles. The van der Waals surface area contributed by atoms with Crippen LogP contribution in [0, 0.1) is 6.92 Å². The summed E-state index contributed by atoms with van der Waals surface area (Å²) in [6, 6.07) is 9.85. The van der Waals surface area contributed by atoms with Crippen molar-refractivity contribution in [3.8, 4) is 11.3 Å². The maximum Gasteiger partial charge on any atom is 0.269 e. The number of nitrogens with one attached hydrogen (secondary N) is 1.